The molecule has 0 aliphatic carbocycles. The van der Waals surface area contributed by atoms with Crippen LogP contribution in [-0.2, 0) is 18.4 Å². The van der Waals surface area contributed by atoms with Gasteiger partial charge in [0.25, 0.3) is 0 Å². The zero-order valence-electron chi connectivity index (χ0n) is 17.2. The maximum atomic E-state index is 13.0. The highest BCUT2D eigenvalue weighted by Crippen LogP contribution is 2.24. The van der Waals surface area contributed by atoms with Gasteiger partial charge in [-0.1, -0.05) is 48.0 Å². The monoisotopic (exact) mass is 442 g/mol. The Kier molecular flexibility index (Phi) is 4.99. The first-order valence-corrected chi connectivity index (χ1v) is 10.5. The lowest BCUT2D eigenvalue weighted by Gasteiger charge is -2.15. The van der Waals surface area contributed by atoms with Crippen molar-refractivity contribution < 1.29 is 4.79 Å². The van der Waals surface area contributed by atoms with Gasteiger partial charge in [-0.3, -0.25) is 14.3 Å². The fourth-order valence-electron chi connectivity index (χ4n) is 3.92. The minimum absolute atomic E-state index is 0.0351. The van der Waals surface area contributed by atoms with E-state index in [0.29, 0.717) is 21.6 Å². The van der Waals surface area contributed by atoms with Gasteiger partial charge in [0.05, 0.1) is 16.7 Å². The number of aryl methyl sites for hydroxylation is 1. The van der Waals surface area contributed by atoms with Gasteiger partial charge in [-0.25, -0.2) is 0 Å². The zero-order chi connectivity index (χ0) is 22.2. The zero-order valence-corrected chi connectivity index (χ0v) is 18.0. The fourth-order valence-corrected chi connectivity index (χ4v) is 4.05. The van der Waals surface area contributed by atoms with Crippen molar-refractivity contribution in [1.82, 2.24) is 14.3 Å². The van der Waals surface area contributed by atoms with Gasteiger partial charge in [-0.2, -0.15) is 5.10 Å². The number of benzene rings is 3. The molecule has 2 heterocycles. The molecule has 5 aromatic rings. The number of para-hydroxylation sites is 2. The van der Waals surface area contributed by atoms with Crippen LogP contribution in [0.2, 0.25) is 5.02 Å². The van der Waals surface area contributed by atoms with Crippen LogP contribution in [0.3, 0.4) is 0 Å². The van der Waals surface area contributed by atoms with Crippen LogP contribution in [0, 0.1) is 0 Å². The minimum atomic E-state index is -0.213. The van der Waals surface area contributed by atoms with Crippen LogP contribution in [0.5, 0.6) is 0 Å². The number of nitrogens with zero attached hydrogens (tertiary/aromatic N) is 3. The lowest BCUT2D eigenvalue weighted by Crippen LogP contribution is -2.22. The molecule has 0 atom stereocenters. The van der Waals surface area contributed by atoms with Crippen LogP contribution < -0.4 is 10.7 Å². The van der Waals surface area contributed by atoms with E-state index in [1.54, 1.807) is 36.0 Å². The number of carbonyl (C=O) groups excluding carboxylic acids is 1. The molecule has 0 unspecified atom stereocenters. The van der Waals surface area contributed by atoms with Crippen molar-refractivity contribution in [2.75, 3.05) is 5.32 Å². The summed E-state index contributed by atoms with van der Waals surface area (Å²) in [5.74, 6) is 0.365. The van der Waals surface area contributed by atoms with Crippen LogP contribution in [0.15, 0.2) is 83.7 Å². The van der Waals surface area contributed by atoms with Crippen molar-refractivity contribution in [1.29, 1.82) is 0 Å². The summed E-state index contributed by atoms with van der Waals surface area (Å²) in [5.41, 5.74) is 3.05. The van der Waals surface area contributed by atoms with Crippen LogP contribution in [-0.4, -0.2) is 20.3 Å². The average Bonchev–Trinajstić information content (AvgIpc) is 3.17. The molecule has 0 fully saturated rings. The largest absolute Gasteiger partial charge is 0.331 e. The molecule has 7 heteroatoms. The van der Waals surface area contributed by atoms with E-state index in [1.165, 1.54) is 0 Å². The topological polar surface area (TPSA) is 68.9 Å². The number of hydrogen-bond donors (Lipinski definition) is 1. The number of rotatable bonds is 4. The molecule has 0 saturated carbocycles. The van der Waals surface area contributed by atoms with E-state index in [9.17, 15) is 9.59 Å². The molecule has 0 spiro atoms. The first-order chi connectivity index (χ1) is 15.5. The van der Waals surface area contributed by atoms with Crippen LogP contribution in [0.4, 0.5) is 5.82 Å². The molecule has 0 aliphatic rings. The Labute approximate surface area is 188 Å². The van der Waals surface area contributed by atoms with E-state index in [2.05, 4.69) is 10.4 Å². The van der Waals surface area contributed by atoms with E-state index in [1.807, 2.05) is 59.2 Å². The molecule has 5 rings (SSSR count). The van der Waals surface area contributed by atoms with Crippen LogP contribution in [0.1, 0.15) is 0 Å². The molecule has 2 aromatic heterocycles. The third kappa shape index (κ3) is 3.55. The predicted octanol–water partition coefficient (Wildman–Crippen LogP) is 4.85. The Morgan fingerprint density at radius 3 is 2.16 bits per heavy atom. The van der Waals surface area contributed by atoms with E-state index in [0.717, 1.165) is 22.3 Å². The summed E-state index contributed by atoms with van der Waals surface area (Å²) in [4.78, 5) is 25.9. The van der Waals surface area contributed by atoms with Crippen molar-refractivity contribution >= 4 is 45.1 Å². The summed E-state index contributed by atoms with van der Waals surface area (Å²) in [6, 6.07) is 23.9. The number of hydrogen-bond acceptors (Lipinski definition) is 3. The van der Waals surface area contributed by atoms with Gasteiger partial charge in [0, 0.05) is 34.5 Å². The molecule has 158 valence electrons. The quantitative estimate of drug-likeness (QED) is 0.404. The minimum Gasteiger partial charge on any atom is -0.331 e. The lowest BCUT2D eigenvalue weighted by molar-refractivity contribution is -0.116. The summed E-state index contributed by atoms with van der Waals surface area (Å²) in [6.45, 7) is 0.0583. The molecule has 0 saturated heterocycles. The molecule has 0 aliphatic heterocycles. The Balaban J connectivity index is 1.49. The second kappa shape index (κ2) is 7.98. The molecule has 1 amide bonds. The second-order valence-electron chi connectivity index (χ2n) is 7.54. The first kappa shape index (κ1) is 20.0. The van der Waals surface area contributed by atoms with E-state index in [4.69, 9.17) is 11.6 Å². The second-order valence-corrected chi connectivity index (χ2v) is 7.98. The van der Waals surface area contributed by atoms with Crippen molar-refractivity contribution in [2.45, 2.75) is 6.54 Å². The van der Waals surface area contributed by atoms with Gasteiger partial charge in [-0.15, -0.1) is 0 Å². The molecule has 3 aromatic carbocycles. The Morgan fingerprint density at radius 1 is 0.938 bits per heavy atom. The molecule has 32 heavy (non-hydrogen) atoms. The Hall–Kier alpha value is -3.90. The maximum absolute atomic E-state index is 13.0. The highest BCUT2D eigenvalue weighted by Gasteiger charge is 2.15. The Bertz CT molecular complexity index is 1470. The Morgan fingerprint density at radius 2 is 1.53 bits per heavy atom. The number of fused-ring (bicyclic) bond motifs is 2. The van der Waals surface area contributed by atoms with Gasteiger partial charge in [0.1, 0.15) is 12.4 Å². The van der Waals surface area contributed by atoms with Crippen molar-refractivity contribution in [3.05, 3.63) is 94.1 Å². The number of aromatic nitrogens is 3. The smallest absolute Gasteiger partial charge is 0.245 e. The maximum Gasteiger partial charge on any atom is 0.245 e. The number of anilines is 1. The van der Waals surface area contributed by atoms with E-state index >= 15 is 0 Å². The third-order valence-electron chi connectivity index (χ3n) is 5.47. The number of nitrogens with one attached hydrogen (secondary N) is 1. The number of carbonyl (C=O) groups is 1. The van der Waals surface area contributed by atoms with E-state index < -0.39 is 0 Å². The molecular weight excluding hydrogens is 424 g/mol. The SMILES string of the molecule is Cn1nc(-c2ccc(Cl)cc2)cc1NC(=O)Cn1c2ccccc2c(=O)c2ccccc21. The van der Waals surface area contributed by atoms with Crippen molar-refractivity contribution in [3.8, 4) is 11.3 Å². The van der Waals surface area contributed by atoms with Crippen molar-refractivity contribution in [2.24, 2.45) is 7.05 Å². The molecule has 1 N–H and O–H groups in total. The lowest BCUT2D eigenvalue weighted by atomic mass is 10.1. The number of amides is 1. The molecule has 0 radical (unpaired) electrons. The summed E-state index contributed by atoms with van der Waals surface area (Å²) >= 11 is 5.97. The van der Waals surface area contributed by atoms with Crippen LogP contribution in [0.25, 0.3) is 33.1 Å². The average molecular weight is 443 g/mol. The summed E-state index contributed by atoms with van der Waals surface area (Å²) in [5, 5.41) is 9.26. The normalized spacial score (nSPS) is 11.2. The van der Waals surface area contributed by atoms with Gasteiger partial charge < -0.3 is 9.88 Å². The van der Waals surface area contributed by atoms with Gasteiger partial charge >= 0.3 is 0 Å². The van der Waals surface area contributed by atoms with Crippen molar-refractivity contribution in [3.63, 3.8) is 0 Å². The fraction of sp³-hybridized carbons (Fsp3) is 0.0800. The van der Waals surface area contributed by atoms with E-state index in [-0.39, 0.29) is 17.9 Å². The van der Waals surface area contributed by atoms with Gasteiger partial charge in [-0.05, 0) is 36.4 Å². The molecule has 6 nitrogen and oxygen atoms in total. The summed E-state index contributed by atoms with van der Waals surface area (Å²) in [6.07, 6.45) is 0. The third-order valence-corrected chi connectivity index (χ3v) is 5.72. The highest BCUT2D eigenvalue weighted by atomic mass is 35.5. The predicted molar refractivity (Wildman–Crippen MR) is 128 cm³/mol. The van der Waals surface area contributed by atoms with Crippen LogP contribution >= 0.6 is 11.6 Å². The summed E-state index contributed by atoms with van der Waals surface area (Å²) < 4.78 is 3.50. The van der Waals surface area contributed by atoms with Gasteiger partial charge in [0.15, 0.2) is 5.43 Å². The number of halogens is 1. The molecule has 0 bridgehead atoms. The number of pyridine rings is 1. The first-order valence-electron chi connectivity index (χ1n) is 10.1. The summed E-state index contributed by atoms with van der Waals surface area (Å²) in [7, 11) is 1.78. The standard InChI is InChI=1S/C25H19ClN4O2/c1-29-23(14-20(28-29)16-10-12-17(26)13-11-16)27-24(31)15-30-21-8-4-2-6-18(21)25(32)19-7-3-5-9-22(19)30/h2-14H,15H2,1H3,(H,27,31). The molecular formula is C25H19ClN4O2. The van der Waals surface area contributed by atoms with Gasteiger partial charge in [0.2, 0.25) is 5.91 Å². The highest BCUT2D eigenvalue weighted by molar-refractivity contribution is 6.30.